The highest BCUT2D eigenvalue weighted by Gasteiger charge is 2.12. The number of aromatic nitrogens is 2. The van der Waals surface area contributed by atoms with Gasteiger partial charge in [0.25, 0.3) is 5.22 Å². The first kappa shape index (κ1) is 17.7. The van der Waals surface area contributed by atoms with Crippen LogP contribution in [-0.2, 0) is 11.3 Å². The highest BCUT2D eigenvalue weighted by Crippen LogP contribution is 2.22. The number of hydrogen-bond donors (Lipinski definition) is 2. The number of carbonyl (C=O) groups is 2. The first-order valence-corrected chi connectivity index (χ1v) is 8.82. The van der Waals surface area contributed by atoms with Gasteiger partial charge in [-0.25, -0.2) is 4.79 Å². The second-order valence-corrected chi connectivity index (χ2v) is 6.17. The third-order valence-electron chi connectivity index (χ3n) is 3.30. The van der Waals surface area contributed by atoms with Crippen LogP contribution in [0.5, 0.6) is 0 Å². The Bertz CT molecular complexity index is 868. The third-order valence-corrected chi connectivity index (χ3v) is 4.12. The fourth-order valence-corrected chi connectivity index (χ4v) is 2.64. The zero-order valence-electron chi connectivity index (χ0n) is 13.7. The maximum absolute atomic E-state index is 11.8. The molecule has 0 unspecified atom stereocenters. The average molecular weight is 368 g/mol. The lowest BCUT2D eigenvalue weighted by Gasteiger charge is -2.06. The van der Waals surface area contributed by atoms with Crippen LogP contribution in [0.15, 0.2) is 70.3 Å². The minimum absolute atomic E-state index is 0.00478. The molecule has 0 bridgehead atoms. The largest absolute Gasteiger partial charge is 0.411 e. The molecule has 7 nitrogen and oxygen atoms in total. The van der Waals surface area contributed by atoms with Gasteiger partial charge in [-0.2, -0.15) is 0 Å². The van der Waals surface area contributed by atoms with Crippen molar-refractivity contribution in [3.05, 3.63) is 66.2 Å². The number of nitrogens with zero attached hydrogens (tertiary/aromatic N) is 2. The number of imide groups is 1. The van der Waals surface area contributed by atoms with Gasteiger partial charge in [0.1, 0.15) is 0 Å². The molecule has 3 amide bonds. The van der Waals surface area contributed by atoms with E-state index in [1.165, 1.54) is 0 Å². The van der Waals surface area contributed by atoms with Crippen molar-refractivity contribution >= 4 is 23.7 Å². The number of urea groups is 1. The van der Waals surface area contributed by atoms with Gasteiger partial charge in [-0.3, -0.25) is 10.1 Å². The van der Waals surface area contributed by atoms with Crippen LogP contribution in [0.25, 0.3) is 11.5 Å². The molecular formula is C18H16N4O3S. The molecule has 8 heteroatoms. The molecule has 0 aliphatic rings. The van der Waals surface area contributed by atoms with Gasteiger partial charge in [0.2, 0.25) is 11.8 Å². The summed E-state index contributed by atoms with van der Waals surface area (Å²) in [5.74, 6) is -0.0658. The molecule has 0 aliphatic heterocycles. The summed E-state index contributed by atoms with van der Waals surface area (Å²) in [6.45, 7) is 0.344. The molecule has 1 aromatic heterocycles. The van der Waals surface area contributed by atoms with E-state index in [0.717, 1.165) is 22.9 Å². The topological polar surface area (TPSA) is 97.1 Å². The van der Waals surface area contributed by atoms with Gasteiger partial charge in [-0.05, 0) is 17.7 Å². The van der Waals surface area contributed by atoms with E-state index in [0.29, 0.717) is 12.4 Å². The number of thioether (sulfide) groups is 1. The van der Waals surface area contributed by atoms with Crippen molar-refractivity contribution < 1.29 is 14.0 Å². The summed E-state index contributed by atoms with van der Waals surface area (Å²) in [4.78, 5) is 23.6. The Labute approximate surface area is 154 Å². The van der Waals surface area contributed by atoms with Crippen molar-refractivity contribution in [2.75, 3.05) is 5.75 Å². The number of carbonyl (C=O) groups excluding carboxylic acids is 2. The molecule has 0 fully saturated rings. The van der Waals surface area contributed by atoms with Crippen molar-refractivity contribution in [3.63, 3.8) is 0 Å². The second-order valence-electron chi connectivity index (χ2n) is 5.24. The van der Waals surface area contributed by atoms with Crippen molar-refractivity contribution in [1.29, 1.82) is 0 Å². The van der Waals surface area contributed by atoms with Gasteiger partial charge in [-0.1, -0.05) is 60.3 Å². The smallest absolute Gasteiger partial charge is 0.321 e. The summed E-state index contributed by atoms with van der Waals surface area (Å²) in [7, 11) is 0. The molecule has 3 rings (SSSR count). The van der Waals surface area contributed by atoms with E-state index in [1.54, 1.807) is 0 Å². The van der Waals surface area contributed by atoms with Crippen molar-refractivity contribution in [1.82, 2.24) is 20.8 Å². The lowest BCUT2D eigenvalue weighted by atomic mass is 10.2. The van der Waals surface area contributed by atoms with E-state index in [-0.39, 0.29) is 11.0 Å². The van der Waals surface area contributed by atoms with Crippen LogP contribution in [0.1, 0.15) is 5.56 Å². The Hall–Kier alpha value is -3.13. The van der Waals surface area contributed by atoms with Gasteiger partial charge in [0.15, 0.2) is 0 Å². The zero-order valence-corrected chi connectivity index (χ0v) is 14.5. The van der Waals surface area contributed by atoms with Gasteiger partial charge in [0.05, 0.1) is 5.75 Å². The summed E-state index contributed by atoms with van der Waals surface area (Å²) in [5, 5.41) is 13.0. The predicted octanol–water partition coefficient (Wildman–Crippen LogP) is 2.85. The first-order chi connectivity index (χ1) is 12.7. The Morgan fingerprint density at radius 1 is 0.962 bits per heavy atom. The summed E-state index contributed by atoms with van der Waals surface area (Å²) in [6.07, 6.45) is 0. The minimum Gasteiger partial charge on any atom is -0.411 e. The van der Waals surface area contributed by atoms with E-state index in [2.05, 4.69) is 20.8 Å². The highest BCUT2D eigenvalue weighted by molar-refractivity contribution is 7.99. The lowest BCUT2D eigenvalue weighted by Crippen LogP contribution is -2.39. The standard InChI is InChI=1S/C18H16N4O3S/c23-15(20-17(24)19-11-13-7-3-1-4-8-13)12-26-18-22-21-16(25-18)14-9-5-2-6-10-14/h1-10H,11-12H2,(H2,19,20,23,24). The third kappa shape index (κ3) is 5.18. The molecule has 1 heterocycles. The summed E-state index contributed by atoms with van der Waals surface area (Å²) in [6, 6.07) is 18.2. The van der Waals surface area contributed by atoms with Crippen molar-refractivity contribution in [2.45, 2.75) is 11.8 Å². The van der Waals surface area contributed by atoms with Crippen molar-refractivity contribution in [2.24, 2.45) is 0 Å². The van der Waals surface area contributed by atoms with Crippen LogP contribution >= 0.6 is 11.8 Å². The molecule has 0 saturated carbocycles. The molecule has 2 N–H and O–H groups in total. The molecule has 0 radical (unpaired) electrons. The van der Waals surface area contributed by atoms with Crippen LogP contribution in [0.2, 0.25) is 0 Å². The molecule has 0 aliphatic carbocycles. The quantitative estimate of drug-likeness (QED) is 0.650. The normalized spacial score (nSPS) is 10.3. The summed E-state index contributed by atoms with van der Waals surface area (Å²) in [5.41, 5.74) is 1.75. The lowest BCUT2D eigenvalue weighted by molar-refractivity contribution is -0.117. The Morgan fingerprint density at radius 2 is 1.65 bits per heavy atom. The molecule has 3 aromatic rings. The molecule has 26 heavy (non-hydrogen) atoms. The molecule has 0 atom stereocenters. The van der Waals surface area contributed by atoms with E-state index in [1.807, 2.05) is 60.7 Å². The van der Waals surface area contributed by atoms with Gasteiger partial charge >= 0.3 is 6.03 Å². The number of nitrogens with one attached hydrogen (secondary N) is 2. The fraction of sp³-hybridized carbons (Fsp3) is 0.111. The van der Waals surface area contributed by atoms with Crippen LogP contribution in [0, 0.1) is 0 Å². The first-order valence-electron chi connectivity index (χ1n) is 7.84. The fourth-order valence-electron chi connectivity index (χ4n) is 2.08. The van der Waals surface area contributed by atoms with Crippen LogP contribution < -0.4 is 10.6 Å². The Balaban J connectivity index is 1.42. The maximum Gasteiger partial charge on any atom is 0.321 e. The molecule has 2 aromatic carbocycles. The zero-order chi connectivity index (χ0) is 18.2. The molecule has 132 valence electrons. The van der Waals surface area contributed by atoms with Gasteiger partial charge in [0, 0.05) is 12.1 Å². The second kappa shape index (κ2) is 8.82. The van der Waals surface area contributed by atoms with E-state index in [9.17, 15) is 9.59 Å². The maximum atomic E-state index is 11.8. The summed E-state index contributed by atoms with van der Waals surface area (Å²) < 4.78 is 5.49. The van der Waals surface area contributed by atoms with Crippen molar-refractivity contribution in [3.8, 4) is 11.5 Å². The molecule has 0 saturated heterocycles. The number of rotatable bonds is 6. The Morgan fingerprint density at radius 3 is 2.38 bits per heavy atom. The van der Waals surface area contributed by atoms with Crippen LogP contribution in [0.3, 0.4) is 0 Å². The minimum atomic E-state index is -0.546. The van der Waals surface area contributed by atoms with Gasteiger partial charge in [-0.15, -0.1) is 10.2 Å². The Kier molecular flexibility index (Phi) is 6.00. The van der Waals surface area contributed by atoms with E-state index < -0.39 is 11.9 Å². The van der Waals surface area contributed by atoms with Crippen LogP contribution in [-0.4, -0.2) is 27.9 Å². The SMILES string of the molecule is O=C(CSc1nnc(-c2ccccc2)o1)NC(=O)NCc1ccccc1. The number of amides is 3. The highest BCUT2D eigenvalue weighted by atomic mass is 32.2. The van der Waals surface area contributed by atoms with Crippen LogP contribution in [0.4, 0.5) is 4.79 Å². The summed E-state index contributed by atoms with van der Waals surface area (Å²) >= 11 is 1.07. The number of hydrogen-bond acceptors (Lipinski definition) is 6. The van der Waals surface area contributed by atoms with E-state index in [4.69, 9.17) is 4.42 Å². The monoisotopic (exact) mass is 368 g/mol. The van der Waals surface area contributed by atoms with Gasteiger partial charge < -0.3 is 9.73 Å². The number of benzene rings is 2. The molecule has 0 spiro atoms. The molecular weight excluding hydrogens is 352 g/mol. The van der Waals surface area contributed by atoms with E-state index >= 15 is 0 Å². The average Bonchev–Trinajstić information content (AvgIpc) is 3.15. The predicted molar refractivity (Wildman–Crippen MR) is 97.3 cm³/mol.